The third-order valence-electron chi connectivity index (χ3n) is 5.13. The third-order valence-corrected chi connectivity index (χ3v) is 5.13. The van der Waals surface area contributed by atoms with E-state index in [1.54, 1.807) is 6.07 Å². The molecule has 4 aromatic rings. The quantitative estimate of drug-likeness (QED) is 0.501. The van der Waals surface area contributed by atoms with Gasteiger partial charge in [0.2, 0.25) is 5.95 Å². The molecule has 4 rings (SSSR count). The zero-order valence-corrected chi connectivity index (χ0v) is 17.1. The van der Waals surface area contributed by atoms with Gasteiger partial charge in [-0.1, -0.05) is 36.4 Å². The van der Waals surface area contributed by atoms with Crippen molar-refractivity contribution in [1.82, 2.24) is 14.5 Å². The predicted molar refractivity (Wildman–Crippen MR) is 118 cm³/mol. The van der Waals surface area contributed by atoms with Gasteiger partial charge in [0, 0.05) is 12.2 Å². The number of benzene rings is 2. The smallest absolute Gasteiger partial charge is 0.204 e. The molecule has 2 heterocycles. The first kappa shape index (κ1) is 19.0. The summed E-state index contributed by atoms with van der Waals surface area (Å²) in [6.07, 6.45) is 0.913. The summed E-state index contributed by atoms with van der Waals surface area (Å²) in [5.41, 5.74) is 7.17. The van der Waals surface area contributed by atoms with Gasteiger partial charge in [-0.05, 0) is 62.1 Å². The van der Waals surface area contributed by atoms with Crippen molar-refractivity contribution in [1.29, 1.82) is 0 Å². The lowest BCUT2D eigenvalue weighted by molar-refractivity contribution is 0.461. The summed E-state index contributed by atoms with van der Waals surface area (Å²) in [7, 11) is 0. The number of imidazole rings is 1. The number of fused-ring (bicyclic) bond motifs is 1. The van der Waals surface area contributed by atoms with E-state index >= 15 is 0 Å². The Balaban J connectivity index is 1.69. The van der Waals surface area contributed by atoms with E-state index in [-0.39, 0.29) is 5.75 Å². The lowest BCUT2D eigenvalue weighted by Gasteiger charge is -2.12. The van der Waals surface area contributed by atoms with Gasteiger partial charge < -0.3 is 15.0 Å². The number of aromatic nitrogens is 3. The highest BCUT2D eigenvalue weighted by molar-refractivity contribution is 5.83. The molecule has 0 aliphatic carbocycles. The molecule has 0 saturated carbocycles. The average Bonchev–Trinajstić information content (AvgIpc) is 3.03. The summed E-state index contributed by atoms with van der Waals surface area (Å²) in [5.74, 6) is 1.00. The van der Waals surface area contributed by atoms with Crippen LogP contribution in [0.2, 0.25) is 0 Å². The minimum atomic E-state index is 0.206. The van der Waals surface area contributed by atoms with Crippen LogP contribution >= 0.6 is 0 Å². The first-order valence-electron chi connectivity index (χ1n) is 9.92. The van der Waals surface area contributed by atoms with E-state index in [9.17, 15) is 5.11 Å². The Labute approximate surface area is 171 Å². The van der Waals surface area contributed by atoms with Crippen molar-refractivity contribution in [2.45, 2.75) is 33.7 Å². The summed E-state index contributed by atoms with van der Waals surface area (Å²) < 4.78 is 2.11. The van der Waals surface area contributed by atoms with Gasteiger partial charge in [0.25, 0.3) is 0 Å². The summed E-state index contributed by atoms with van der Waals surface area (Å²) >= 11 is 0. The Hall–Kier alpha value is -3.34. The largest absolute Gasteiger partial charge is 0.506 e. The molecule has 0 radical (unpaired) electrons. The molecule has 0 spiro atoms. The zero-order valence-electron chi connectivity index (χ0n) is 17.1. The van der Waals surface area contributed by atoms with Crippen LogP contribution in [0, 0.1) is 20.8 Å². The van der Waals surface area contributed by atoms with Gasteiger partial charge >= 0.3 is 0 Å². The van der Waals surface area contributed by atoms with Crippen LogP contribution in [0.3, 0.4) is 0 Å². The van der Waals surface area contributed by atoms with E-state index in [1.807, 2.05) is 19.1 Å². The molecule has 0 amide bonds. The number of anilines is 1. The Morgan fingerprint density at radius 1 is 0.966 bits per heavy atom. The van der Waals surface area contributed by atoms with Crippen molar-refractivity contribution < 1.29 is 5.11 Å². The maximum absolute atomic E-state index is 10.3. The van der Waals surface area contributed by atoms with E-state index in [2.05, 4.69) is 65.1 Å². The van der Waals surface area contributed by atoms with E-state index in [4.69, 9.17) is 4.98 Å². The van der Waals surface area contributed by atoms with E-state index in [1.165, 1.54) is 11.1 Å². The van der Waals surface area contributed by atoms with Gasteiger partial charge in [-0.15, -0.1) is 0 Å². The maximum Gasteiger partial charge on any atom is 0.204 e. The van der Waals surface area contributed by atoms with Gasteiger partial charge in [0.15, 0.2) is 0 Å². The number of hydrogen-bond acceptors (Lipinski definition) is 4. The lowest BCUT2D eigenvalue weighted by atomic mass is 10.1. The van der Waals surface area contributed by atoms with E-state index in [0.717, 1.165) is 41.2 Å². The normalized spacial score (nSPS) is 11.1. The number of aromatic hydroxyl groups is 1. The molecule has 0 bridgehead atoms. The third kappa shape index (κ3) is 4.09. The van der Waals surface area contributed by atoms with Crippen molar-refractivity contribution in [2.24, 2.45) is 0 Å². The van der Waals surface area contributed by atoms with Gasteiger partial charge in [0.05, 0.1) is 17.6 Å². The summed E-state index contributed by atoms with van der Waals surface area (Å²) in [6, 6.07) is 18.2. The lowest BCUT2D eigenvalue weighted by Crippen LogP contribution is -2.12. The zero-order chi connectivity index (χ0) is 20.4. The van der Waals surface area contributed by atoms with Crippen molar-refractivity contribution in [2.75, 3.05) is 11.9 Å². The standard InChI is InChI=1S/C24H26N4O/c1-16-13-17(2)23-21(14-16)28(15-20-22(29)10-9-18(3)26-20)24(27-23)25-12-11-19-7-5-4-6-8-19/h4-10,13-14,29H,11-12,15H2,1-3H3,(H,25,27). The van der Waals surface area contributed by atoms with Crippen LogP contribution in [-0.4, -0.2) is 26.2 Å². The highest BCUT2D eigenvalue weighted by atomic mass is 16.3. The average molecular weight is 386 g/mol. The number of nitrogens with one attached hydrogen (secondary N) is 1. The number of aryl methyl sites for hydroxylation is 3. The molecule has 2 N–H and O–H groups in total. The molecule has 0 aliphatic rings. The van der Waals surface area contributed by atoms with Crippen LogP contribution in [0.1, 0.15) is 28.1 Å². The Bertz CT molecular complexity index is 1150. The Kier molecular flexibility index (Phi) is 5.21. The van der Waals surface area contributed by atoms with Gasteiger partial charge in [-0.25, -0.2) is 4.98 Å². The van der Waals surface area contributed by atoms with Gasteiger partial charge in [-0.3, -0.25) is 4.98 Å². The van der Waals surface area contributed by atoms with Crippen molar-refractivity contribution >= 4 is 17.0 Å². The van der Waals surface area contributed by atoms with Crippen LogP contribution in [0.15, 0.2) is 54.6 Å². The molecule has 29 heavy (non-hydrogen) atoms. The van der Waals surface area contributed by atoms with Crippen LogP contribution in [0.5, 0.6) is 5.75 Å². The fraction of sp³-hybridized carbons (Fsp3) is 0.250. The summed E-state index contributed by atoms with van der Waals surface area (Å²) in [6.45, 7) is 7.35. The molecule has 5 heteroatoms. The fourth-order valence-corrected chi connectivity index (χ4v) is 3.70. The number of rotatable bonds is 6. The minimum Gasteiger partial charge on any atom is -0.506 e. The second kappa shape index (κ2) is 7.95. The molecular weight excluding hydrogens is 360 g/mol. The topological polar surface area (TPSA) is 63.0 Å². The molecular formula is C24H26N4O. The fourth-order valence-electron chi connectivity index (χ4n) is 3.70. The molecule has 0 unspecified atom stereocenters. The first-order valence-corrected chi connectivity index (χ1v) is 9.92. The highest BCUT2D eigenvalue weighted by Gasteiger charge is 2.15. The molecule has 5 nitrogen and oxygen atoms in total. The number of pyridine rings is 1. The van der Waals surface area contributed by atoms with Gasteiger partial charge in [-0.2, -0.15) is 0 Å². The molecule has 2 aromatic carbocycles. The van der Waals surface area contributed by atoms with Crippen LogP contribution in [0.4, 0.5) is 5.95 Å². The molecule has 2 aromatic heterocycles. The Morgan fingerprint density at radius 2 is 1.76 bits per heavy atom. The van der Waals surface area contributed by atoms with Crippen LogP contribution < -0.4 is 5.32 Å². The monoisotopic (exact) mass is 386 g/mol. The number of hydrogen-bond donors (Lipinski definition) is 2. The molecule has 0 saturated heterocycles. The summed E-state index contributed by atoms with van der Waals surface area (Å²) in [4.78, 5) is 9.42. The second-order valence-electron chi connectivity index (χ2n) is 7.55. The van der Waals surface area contributed by atoms with Crippen molar-refractivity contribution in [3.63, 3.8) is 0 Å². The number of nitrogens with zero attached hydrogens (tertiary/aromatic N) is 3. The van der Waals surface area contributed by atoms with E-state index in [0.29, 0.717) is 12.2 Å². The molecule has 0 aliphatic heterocycles. The predicted octanol–water partition coefficient (Wildman–Crippen LogP) is 4.77. The molecule has 0 atom stereocenters. The highest BCUT2D eigenvalue weighted by Crippen LogP contribution is 2.27. The summed E-state index contributed by atoms with van der Waals surface area (Å²) in [5, 5.41) is 13.8. The van der Waals surface area contributed by atoms with Gasteiger partial charge in [0.1, 0.15) is 11.4 Å². The minimum absolute atomic E-state index is 0.206. The van der Waals surface area contributed by atoms with Crippen molar-refractivity contribution in [3.8, 4) is 5.75 Å². The molecule has 0 fully saturated rings. The SMILES string of the molecule is Cc1cc(C)c2nc(NCCc3ccccc3)n(Cc3nc(C)ccc3O)c2c1. The molecule has 148 valence electrons. The maximum atomic E-state index is 10.3. The first-order chi connectivity index (χ1) is 14.0. The van der Waals surface area contributed by atoms with Crippen molar-refractivity contribution in [3.05, 3.63) is 82.7 Å². The second-order valence-corrected chi connectivity index (χ2v) is 7.55. The van der Waals surface area contributed by atoms with E-state index < -0.39 is 0 Å². The van der Waals surface area contributed by atoms with Crippen LogP contribution in [-0.2, 0) is 13.0 Å². The Morgan fingerprint density at radius 3 is 2.55 bits per heavy atom. The van der Waals surface area contributed by atoms with Crippen LogP contribution in [0.25, 0.3) is 11.0 Å².